The zero-order chi connectivity index (χ0) is 24.4. The first-order valence-corrected chi connectivity index (χ1v) is 13.1. The number of rotatable bonds is 4. The van der Waals surface area contributed by atoms with Crippen molar-refractivity contribution in [2.24, 2.45) is 0 Å². The zero-order valence-corrected chi connectivity index (χ0v) is 20.2. The third kappa shape index (κ3) is 4.53. The van der Waals surface area contributed by atoms with Crippen LogP contribution < -0.4 is 0 Å². The summed E-state index contributed by atoms with van der Waals surface area (Å²) in [7, 11) is -3.49. The highest BCUT2D eigenvalue weighted by atomic mass is 32.2. The van der Waals surface area contributed by atoms with Crippen LogP contribution in [-0.4, -0.2) is 18.7 Å². The average Bonchev–Trinajstić information content (AvgIpc) is 3.12. The zero-order valence-electron chi connectivity index (χ0n) is 19.3. The van der Waals surface area contributed by atoms with Gasteiger partial charge in [0.1, 0.15) is 0 Å². The monoisotopic (exact) mass is 476 g/mol. The Balaban J connectivity index is 1.60. The van der Waals surface area contributed by atoms with Crippen LogP contribution in [0.4, 0.5) is 0 Å². The fourth-order valence-electron chi connectivity index (χ4n) is 4.43. The van der Waals surface area contributed by atoms with Gasteiger partial charge < -0.3 is 0 Å². The van der Waals surface area contributed by atoms with Gasteiger partial charge in [0.05, 0.1) is 33.2 Å². The molecule has 1 aliphatic carbocycles. The van der Waals surface area contributed by atoms with Crippen molar-refractivity contribution in [1.82, 2.24) is 4.98 Å². The van der Waals surface area contributed by atoms with Gasteiger partial charge in [-0.15, -0.1) is 0 Å². The van der Waals surface area contributed by atoms with Gasteiger partial charge in [-0.05, 0) is 67.3 Å². The molecule has 3 aromatic carbocycles. The summed E-state index contributed by atoms with van der Waals surface area (Å²) in [6, 6.07) is 28.6. The normalized spacial score (nSPS) is 15.1. The highest BCUT2D eigenvalue weighted by Crippen LogP contribution is 2.35. The molecule has 1 atom stereocenters. The fourth-order valence-corrected chi connectivity index (χ4v) is 6.03. The second-order valence-corrected chi connectivity index (χ2v) is 10.9. The lowest BCUT2D eigenvalue weighted by atomic mass is 9.94. The summed E-state index contributed by atoms with van der Waals surface area (Å²) < 4.78 is 26.5. The van der Waals surface area contributed by atoms with Gasteiger partial charge in [-0.25, -0.2) is 13.4 Å². The van der Waals surface area contributed by atoms with Gasteiger partial charge >= 0.3 is 0 Å². The molecule has 0 spiro atoms. The van der Waals surface area contributed by atoms with Crippen molar-refractivity contribution in [3.8, 4) is 28.5 Å². The second-order valence-electron chi connectivity index (χ2n) is 8.78. The number of hydrogen-bond donors (Lipinski definition) is 0. The third-order valence-electron chi connectivity index (χ3n) is 6.42. The number of pyridine rings is 1. The largest absolute Gasteiger partial charge is 0.247 e. The van der Waals surface area contributed by atoms with Crippen LogP contribution in [-0.2, 0) is 16.3 Å². The topological polar surface area (TPSA) is 70.8 Å². The Morgan fingerprint density at radius 1 is 0.914 bits per heavy atom. The quantitative estimate of drug-likeness (QED) is 0.342. The molecule has 0 fully saturated rings. The average molecular weight is 477 g/mol. The van der Waals surface area contributed by atoms with Crippen molar-refractivity contribution in [2.75, 3.05) is 0 Å². The molecule has 0 aliphatic heterocycles. The summed E-state index contributed by atoms with van der Waals surface area (Å²) >= 11 is 0. The SMILES string of the molecule is Cc1ccc(-c2nc3c(cc2-c2ccc(C#N)cc2)CCC(S(=O)(=O)c2ccccc2)C=C3)cc1. The Morgan fingerprint density at radius 2 is 1.60 bits per heavy atom. The highest BCUT2D eigenvalue weighted by Gasteiger charge is 2.27. The first-order valence-electron chi connectivity index (χ1n) is 11.5. The Morgan fingerprint density at radius 3 is 2.29 bits per heavy atom. The van der Waals surface area contributed by atoms with Gasteiger partial charge in [0.25, 0.3) is 0 Å². The van der Waals surface area contributed by atoms with Crippen molar-refractivity contribution in [3.05, 3.63) is 113 Å². The Bertz CT molecular complexity index is 1550. The maximum atomic E-state index is 13.3. The molecule has 0 radical (unpaired) electrons. The molecule has 35 heavy (non-hydrogen) atoms. The fraction of sp³-hybridized carbons (Fsp3) is 0.133. The molecule has 0 saturated carbocycles. The molecule has 4 nitrogen and oxygen atoms in total. The van der Waals surface area contributed by atoms with E-state index in [0.717, 1.165) is 39.2 Å². The summed E-state index contributed by atoms with van der Waals surface area (Å²) in [6.45, 7) is 2.05. The lowest BCUT2D eigenvalue weighted by Gasteiger charge is -2.15. The van der Waals surface area contributed by atoms with Crippen molar-refractivity contribution < 1.29 is 8.42 Å². The van der Waals surface area contributed by atoms with Gasteiger partial charge in [0.2, 0.25) is 0 Å². The van der Waals surface area contributed by atoms with E-state index in [4.69, 9.17) is 4.98 Å². The summed E-state index contributed by atoms with van der Waals surface area (Å²) in [6.07, 6.45) is 4.72. The number of nitriles is 1. The molecular formula is C30H24N2O2S. The molecule has 1 aromatic heterocycles. The van der Waals surface area contributed by atoms with E-state index in [2.05, 4.69) is 36.4 Å². The molecule has 1 unspecified atom stereocenters. The van der Waals surface area contributed by atoms with Crippen molar-refractivity contribution in [3.63, 3.8) is 0 Å². The lowest BCUT2D eigenvalue weighted by molar-refractivity contribution is 0.584. The van der Waals surface area contributed by atoms with E-state index >= 15 is 0 Å². The summed E-state index contributed by atoms with van der Waals surface area (Å²) in [5.41, 5.74) is 7.34. The summed E-state index contributed by atoms with van der Waals surface area (Å²) in [5.74, 6) is 0. The van der Waals surface area contributed by atoms with Gasteiger partial charge in [-0.1, -0.05) is 66.2 Å². The van der Waals surface area contributed by atoms with Crippen LogP contribution in [0, 0.1) is 18.3 Å². The van der Waals surface area contributed by atoms with Crippen LogP contribution in [0.1, 0.15) is 28.8 Å². The van der Waals surface area contributed by atoms with Crippen LogP contribution in [0.2, 0.25) is 0 Å². The van der Waals surface area contributed by atoms with Crippen LogP contribution in [0.15, 0.2) is 95.9 Å². The first kappa shape index (κ1) is 22.8. The minimum absolute atomic E-state index is 0.340. The second kappa shape index (κ2) is 9.32. The number of sulfone groups is 1. The molecule has 0 amide bonds. The van der Waals surface area contributed by atoms with Crippen LogP contribution >= 0.6 is 0 Å². The van der Waals surface area contributed by atoms with E-state index in [0.29, 0.717) is 23.3 Å². The molecule has 0 bridgehead atoms. The van der Waals surface area contributed by atoms with Crippen LogP contribution in [0.25, 0.3) is 28.5 Å². The number of nitrogens with zero attached hydrogens (tertiary/aromatic N) is 2. The Labute approximate surface area is 206 Å². The van der Waals surface area contributed by atoms with Crippen LogP contribution in [0.5, 0.6) is 0 Å². The van der Waals surface area contributed by atoms with E-state index in [1.54, 1.807) is 30.3 Å². The number of fused-ring (bicyclic) bond motifs is 1. The first-order chi connectivity index (χ1) is 17.0. The van der Waals surface area contributed by atoms with Crippen LogP contribution in [0.3, 0.4) is 0 Å². The van der Waals surface area contributed by atoms with Crippen molar-refractivity contribution in [1.29, 1.82) is 5.26 Å². The Hall–Kier alpha value is -4.01. The Kier molecular flexibility index (Phi) is 6.07. The predicted molar refractivity (Wildman–Crippen MR) is 139 cm³/mol. The summed E-state index contributed by atoms with van der Waals surface area (Å²) in [5, 5.41) is 8.59. The molecule has 0 N–H and O–H groups in total. The predicted octanol–water partition coefficient (Wildman–Crippen LogP) is 6.40. The number of hydrogen-bond acceptors (Lipinski definition) is 4. The third-order valence-corrected chi connectivity index (χ3v) is 8.54. The smallest absolute Gasteiger partial charge is 0.184 e. The molecule has 5 rings (SSSR count). The number of aromatic nitrogens is 1. The maximum Gasteiger partial charge on any atom is 0.184 e. The van der Waals surface area contributed by atoms with Gasteiger partial charge in [0, 0.05) is 11.1 Å². The minimum Gasteiger partial charge on any atom is -0.247 e. The van der Waals surface area contributed by atoms with Gasteiger partial charge in [-0.2, -0.15) is 5.26 Å². The maximum absolute atomic E-state index is 13.3. The molecule has 5 heteroatoms. The van der Waals surface area contributed by atoms with E-state index in [9.17, 15) is 13.7 Å². The lowest BCUT2D eigenvalue weighted by Crippen LogP contribution is -2.19. The van der Waals surface area contributed by atoms with Gasteiger partial charge in [-0.3, -0.25) is 0 Å². The number of aryl methyl sites for hydroxylation is 2. The van der Waals surface area contributed by atoms with E-state index in [1.165, 1.54) is 0 Å². The van der Waals surface area contributed by atoms with E-state index in [-0.39, 0.29) is 0 Å². The van der Waals surface area contributed by atoms with Gasteiger partial charge in [0.15, 0.2) is 9.84 Å². The van der Waals surface area contributed by atoms with E-state index in [1.807, 2.05) is 43.3 Å². The molecule has 172 valence electrons. The molecule has 4 aromatic rings. The standard InChI is InChI=1S/C30H24N2O2S/c1-21-7-11-24(12-8-21)30-28(23-13-9-22(20-31)10-14-23)19-25-15-16-27(17-18-29(25)32-30)35(33,34)26-5-3-2-4-6-26/h2-14,17-19,27H,15-16H2,1H3. The highest BCUT2D eigenvalue weighted by molar-refractivity contribution is 7.92. The minimum atomic E-state index is -3.49. The number of benzene rings is 3. The molecule has 1 heterocycles. The summed E-state index contributed by atoms with van der Waals surface area (Å²) in [4.78, 5) is 5.37. The molecule has 0 saturated heterocycles. The van der Waals surface area contributed by atoms with Crippen molar-refractivity contribution >= 4 is 15.9 Å². The van der Waals surface area contributed by atoms with E-state index < -0.39 is 15.1 Å². The molecule has 1 aliphatic rings. The van der Waals surface area contributed by atoms with Crippen molar-refractivity contribution in [2.45, 2.75) is 29.9 Å². The molecular weight excluding hydrogens is 452 g/mol.